The zero-order valence-corrected chi connectivity index (χ0v) is 6.81. The molecule has 1 aliphatic carbocycles. The number of rotatable bonds is 3. The molecule has 1 aliphatic rings. The van der Waals surface area contributed by atoms with Crippen LogP contribution in [0.3, 0.4) is 0 Å². The number of hydrogen-bond donors (Lipinski definition) is 1. The minimum absolute atomic E-state index is 0.248. The smallest absolute Gasteiger partial charge is 0.119 e. The minimum atomic E-state index is 0.248. The zero-order chi connectivity index (χ0) is 8.39. The zero-order valence-electron chi connectivity index (χ0n) is 6.81. The highest BCUT2D eigenvalue weighted by molar-refractivity contribution is 5.22. The molecule has 2 rings (SSSR count). The molecule has 0 aromatic heterocycles. The van der Waals surface area contributed by atoms with Gasteiger partial charge in [0.05, 0.1) is 0 Å². The molecule has 12 heavy (non-hydrogen) atoms. The van der Waals surface area contributed by atoms with Gasteiger partial charge in [0.1, 0.15) is 11.9 Å². The van der Waals surface area contributed by atoms with Crippen LogP contribution in [0, 0.1) is 5.92 Å². The van der Waals surface area contributed by atoms with E-state index in [-0.39, 0.29) is 12.7 Å². The van der Waals surface area contributed by atoms with Crippen LogP contribution in [-0.4, -0.2) is 17.8 Å². The average Bonchev–Trinajstić information content (AvgIpc) is 2.85. The van der Waals surface area contributed by atoms with Crippen molar-refractivity contribution in [2.75, 3.05) is 6.61 Å². The van der Waals surface area contributed by atoms with Crippen molar-refractivity contribution >= 4 is 0 Å². The molecule has 0 heterocycles. The van der Waals surface area contributed by atoms with Crippen molar-refractivity contribution in [1.82, 2.24) is 0 Å². The third-order valence-electron chi connectivity index (χ3n) is 2.12. The number of ether oxygens (including phenoxy) is 1. The molecule has 0 aliphatic heterocycles. The summed E-state index contributed by atoms with van der Waals surface area (Å²) in [4.78, 5) is 0. The Bertz CT molecular complexity index is 245. The predicted molar refractivity (Wildman–Crippen MR) is 46.1 cm³/mol. The highest BCUT2D eigenvalue weighted by Crippen LogP contribution is 2.33. The Labute approximate surface area is 71.8 Å². The van der Waals surface area contributed by atoms with E-state index in [1.807, 2.05) is 30.3 Å². The van der Waals surface area contributed by atoms with Crippen molar-refractivity contribution in [1.29, 1.82) is 0 Å². The van der Waals surface area contributed by atoms with E-state index < -0.39 is 0 Å². The molecule has 0 bridgehead atoms. The molecule has 1 aromatic carbocycles. The van der Waals surface area contributed by atoms with E-state index in [1.165, 1.54) is 0 Å². The average molecular weight is 164 g/mol. The van der Waals surface area contributed by atoms with Crippen molar-refractivity contribution in [3.63, 3.8) is 0 Å². The van der Waals surface area contributed by atoms with Crippen LogP contribution in [0.15, 0.2) is 30.3 Å². The number of hydrogen-bond acceptors (Lipinski definition) is 2. The Morgan fingerprint density at radius 2 is 2.08 bits per heavy atom. The molecule has 0 radical (unpaired) electrons. The second-order valence-electron chi connectivity index (χ2n) is 3.15. The number of aliphatic hydroxyl groups excluding tert-OH is 1. The molecule has 0 amide bonds. The topological polar surface area (TPSA) is 29.5 Å². The monoisotopic (exact) mass is 164 g/mol. The lowest BCUT2D eigenvalue weighted by Gasteiger charge is -2.03. The maximum absolute atomic E-state index is 8.77. The van der Waals surface area contributed by atoms with Crippen LogP contribution in [0.2, 0.25) is 0 Å². The standard InChI is InChI=1S/C10H12O2/c11-7-8-6-10(8)12-9-4-2-1-3-5-9/h1-5,8,10-11H,6-7H2. The maximum atomic E-state index is 8.77. The van der Waals surface area contributed by atoms with E-state index in [0.29, 0.717) is 5.92 Å². The van der Waals surface area contributed by atoms with Gasteiger partial charge in [0, 0.05) is 12.5 Å². The van der Waals surface area contributed by atoms with Crippen molar-refractivity contribution in [3.05, 3.63) is 30.3 Å². The molecule has 64 valence electrons. The lowest BCUT2D eigenvalue weighted by atomic mass is 10.3. The first-order valence-electron chi connectivity index (χ1n) is 4.22. The van der Waals surface area contributed by atoms with Crippen LogP contribution in [0.25, 0.3) is 0 Å². The van der Waals surface area contributed by atoms with Gasteiger partial charge in [0.25, 0.3) is 0 Å². The van der Waals surface area contributed by atoms with Gasteiger partial charge < -0.3 is 9.84 Å². The summed E-state index contributed by atoms with van der Waals surface area (Å²) in [6.07, 6.45) is 1.24. The minimum Gasteiger partial charge on any atom is -0.490 e. The van der Waals surface area contributed by atoms with E-state index in [1.54, 1.807) is 0 Å². The number of benzene rings is 1. The summed E-state index contributed by atoms with van der Waals surface area (Å²) in [7, 11) is 0. The summed E-state index contributed by atoms with van der Waals surface area (Å²) in [6, 6.07) is 9.74. The van der Waals surface area contributed by atoms with Crippen LogP contribution in [-0.2, 0) is 0 Å². The molecular formula is C10H12O2. The summed E-state index contributed by atoms with van der Waals surface area (Å²) >= 11 is 0. The molecule has 2 unspecified atom stereocenters. The first-order chi connectivity index (χ1) is 5.90. The summed E-state index contributed by atoms with van der Waals surface area (Å²) in [5, 5.41) is 8.77. The molecule has 1 N–H and O–H groups in total. The van der Waals surface area contributed by atoms with Crippen LogP contribution in [0.4, 0.5) is 0 Å². The van der Waals surface area contributed by atoms with Gasteiger partial charge in [-0.1, -0.05) is 18.2 Å². The largest absolute Gasteiger partial charge is 0.490 e. The quantitative estimate of drug-likeness (QED) is 0.732. The summed E-state index contributed by atoms with van der Waals surface area (Å²) in [5.41, 5.74) is 0. The maximum Gasteiger partial charge on any atom is 0.119 e. The van der Waals surface area contributed by atoms with Crippen molar-refractivity contribution < 1.29 is 9.84 Å². The Morgan fingerprint density at radius 1 is 1.33 bits per heavy atom. The number of para-hydroxylation sites is 1. The van der Waals surface area contributed by atoms with Gasteiger partial charge in [0.2, 0.25) is 0 Å². The predicted octanol–water partition coefficient (Wildman–Crippen LogP) is 1.45. The van der Waals surface area contributed by atoms with Crippen LogP contribution >= 0.6 is 0 Å². The van der Waals surface area contributed by atoms with Crippen LogP contribution in [0.5, 0.6) is 5.75 Å². The SMILES string of the molecule is OCC1CC1Oc1ccccc1. The highest BCUT2D eigenvalue weighted by Gasteiger charge is 2.38. The third kappa shape index (κ3) is 1.59. The molecule has 2 atom stereocenters. The van der Waals surface area contributed by atoms with Crippen molar-refractivity contribution in [2.24, 2.45) is 5.92 Å². The summed E-state index contributed by atoms with van der Waals surface area (Å²) in [6.45, 7) is 0.248. The fourth-order valence-corrected chi connectivity index (χ4v) is 1.23. The highest BCUT2D eigenvalue weighted by atomic mass is 16.5. The molecule has 2 heteroatoms. The summed E-state index contributed by atoms with van der Waals surface area (Å²) in [5.74, 6) is 1.27. The van der Waals surface area contributed by atoms with Crippen molar-refractivity contribution in [3.8, 4) is 5.75 Å². The lowest BCUT2D eigenvalue weighted by molar-refractivity contribution is 0.224. The van der Waals surface area contributed by atoms with Crippen molar-refractivity contribution in [2.45, 2.75) is 12.5 Å². The Morgan fingerprint density at radius 3 is 2.67 bits per heavy atom. The van der Waals surface area contributed by atoms with Gasteiger partial charge in [0.15, 0.2) is 0 Å². The molecule has 1 aromatic rings. The summed E-state index contributed by atoms with van der Waals surface area (Å²) < 4.78 is 5.57. The van der Waals surface area contributed by atoms with Crippen LogP contribution in [0.1, 0.15) is 6.42 Å². The number of aliphatic hydroxyl groups is 1. The molecule has 1 saturated carbocycles. The van der Waals surface area contributed by atoms with Gasteiger partial charge in [-0.3, -0.25) is 0 Å². The lowest BCUT2D eigenvalue weighted by Crippen LogP contribution is -2.02. The fourth-order valence-electron chi connectivity index (χ4n) is 1.23. The second-order valence-corrected chi connectivity index (χ2v) is 3.15. The fraction of sp³-hybridized carbons (Fsp3) is 0.400. The molecule has 2 nitrogen and oxygen atoms in total. The first-order valence-corrected chi connectivity index (χ1v) is 4.22. The van der Waals surface area contributed by atoms with E-state index in [9.17, 15) is 0 Å². The molecular weight excluding hydrogens is 152 g/mol. The van der Waals surface area contributed by atoms with Crippen LogP contribution < -0.4 is 4.74 Å². The van der Waals surface area contributed by atoms with E-state index in [2.05, 4.69) is 0 Å². The normalized spacial score (nSPS) is 26.8. The Kier molecular flexibility index (Phi) is 2.00. The van der Waals surface area contributed by atoms with E-state index >= 15 is 0 Å². The Balaban J connectivity index is 1.89. The van der Waals surface area contributed by atoms with E-state index in [4.69, 9.17) is 9.84 Å². The third-order valence-corrected chi connectivity index (χ3v) is 2.12. The first kappa shape index (κ1) is 7.62. The van der Waals surface area contributed by atoms with Gasteiger partial charge in [-0.05, 0) is 18.6 Å². The van der Waals surface area contributed by atoms with Gasteiger partial charge in [-0.2, -0.15) is 0 Å². The van der Waals surface area contributed by atoms with Gasteiger partial charge in [-0.25, -0.2) is 0 Å². The molecule has 0 saturated heterocycles. The molecule has 0 spiro atoms. The van der Waals surface area contributed by atoms with E-state index in [0.717, 1.165) is 12.2 Å². The van der Waals surface area contributed by atoms with Gasteiger partial charge in [-0.15, -0.1) is 0 Å². The second kappa shape index (κ2) is 3.15. The molecule has 1 fully saturated rings. The van der Waals surface area contributed by atoms with Gasteiger partial charge >= 0.3 is 0 Å². The Hall–Kier alpha value is -1.02.